The van der Waals surface area contributed by atoms with Crippen LogP contribution in [0.3, 0.4) is 0 Å². The molecule has 1 amide bonds. The smallest absolute Gasteiger partial charge is 0.246 e. The zero-order chi connectivity index (χ0) is 13.9. The molecule has 1 aliphatic heterocycles. The number of carbonyl (C=O) groups is 1. The van der Waals surface area contributed by atoms with E-state index in [2.05, 4.69) is 11.9 Å². The Morgan fingerprint density at radius 2 is 2.10 bits per heavy atom. The Labute approximate surface area is 118 Å². The zero-order valence-electron chi connectivity index (χ0n) is 11.6. The minimum absolute atomic E-state index is 0.0409. The number of fused-ring (bicyclic) bond motifs is 1. The minimum atomic E-state index is 0.0409. The number of rotatable bonds is 2. The molecule has 0 unspecified atom stereocenters. The molecule has 1 aromatic carbocycles. The molecule has 2 heterocycles. The lowest BCUT2D eigenvalue weighted by atomic mass is 9.99. The molecular formula is C16H18N2O2. The van der Waals surface area contributed by atoms with Crippen molar-refractivity contribution in [2.75, 3.05) is 13.1 Å². The molecule has 0 aliphatic carbocycles. The highest BCUT2D eigenvalue weighted by atomic mass is 16.3. The number of para-hydroxylation sites is 2. The summed E-state index contributed by atoms with van der Waals surface area (Å²) in [6.07, 6.45) is 5.38. The average molecular weight is 270 g/mol. The number of aromatic nitrogens is 1. The molecule has 2 aromatic rings. The van der Waals surface area contributed by atoms with Gasteiger partial charge in [-0.25, -0.2) is 4.98 Å². The summed E-state index contributed by atoms with van der Waals surface area (Å²) in [5, 5.41) is 0. The highest BCUT2D eigenvalue weighted by Crippen LogP contribution is 2.17. The summed E-state index contributed by atoms with van der Waals surface area (Å²) in [5.41, 5.74) is 1.55. The predicted octanol–water partition coefficient (Wildman–Crippen LogP) is 3.10. The zero-order valence-corrected chi connectivity index (χ0v) is 11.6. The fraction of sp³-hybridized carbons (Fsp3) is 0.375. The van der Waals surface area contributed by atoms with Gasteiger partial charge < -0.3 is 9.32 Å². The molecule has 0 N–H and O–H groups in total. The molecule has 1 fully saturated rings. The van der Waals surface area contributed by atoms with Gasteiger partial charge in [0, 0.05) is 25.2 Å². The quantitative estimate of drug-likeness (QED) is 0.788. The van der Waals surface area contributed by atoms with E-state index in [1.807, 2.05) is 29.2 Å². The van der Waals surface area contributed by atoms with Crippen LogP contribution in [0.25, 0.3) is 17.2 Å². The molecule has 1 saturated heterocycles. The van der Waals surface area contributed by atoms with E-state index in [-0.39, 0.29) is 5.91 Å². The van der Waals surface area contributed by atoms with Crippen molar-refractivity contribution < 1.29 is 9.21 Å². The van der Waals surface area contributed by atoms with E-state index in [4.69, 9.17) is 4.42 Å². The van der Waals surface area contributed by atoms with Crippen LogP contribution in [-0.2, 0) is 4.79 Å². The van der Waals surface area contributed by atoms with Crippen LogP contribution in [-0.4, -0.2) is 28.9 Å². The number of benzene rings is 1. The molecule has 3 rings (SSSR count). The maximum Gasteiger partial charge on any atom is 0.246 e. The summed E-state index contributed by atoms with van der Waals surface area (Å²) in [4.78, 5) is 18.3. The lowest BCUT2D eigenvalue weighted by molar-refractivity contribution is -0.127. The van der Waals surface area contributed by atoms with Crippen LogP contribution in [0.5, 0.6) is 0 Å². The summed E-state index contributed by atoms with van der Waals surface area (Å²) in [6, 6.07) is 7.58. The van der Waals surface area contributed by atoms with Crippen LogP contribution in [0.15, 0.2) is 34.8 Å². The summed E-state index contributed by atoms with van der Waals surface area (Å²) in [5.74, 6) is 1.24. The van der Waals surface area contributed by atoms with Crippen LogP contribution in [0.1, 0.15) is 25.7 Å². The summed E-state index contributed by atoms with van der Waals surface area (Å²) >= 11 is 0. The standard InChI is InChI=1S/C16H18N2O2/c1-12-8-10-18(11-9-12)16(19)7-6-15-17-13-4-2-3-5-14(13)20-15/h2-7,12H,8-11H2,1H3/b7-6+. The maximum absolute atomic E-state index is 12.1. The molecule has 104 valence electrons. The van der Waals surface area contributed by atoms with E-state index in [1.54, 1.807) is 12.2 Å². The van der Waals surface area contributed by atoms with Gasteiger partial charge in [0.25, 0.3) is 0 Å². The SMILES string of the molecule is CC1CCN(C(=O)/C=C/c2nc3ccccc3o2)CC1. The van der Waals surface area contributed by atoms with Gasteiger partial charge in [-0.05, 0) is 30.9 Å². The second kappa shape index (κ2) is 5.49. The Bertz CT molecular complexity index is 604. The molecule has 0 spiro atoms. The third kappa shape index (κ3) is 2.74. The third-order valence-corrected chi connectivity index (χ3v) is 3.77. The van der Waals surface area contributed by atoms with Crippen molar-refractivity contribution in [3.05, 3.63) is 36.2 Å². The van der Waals surface area contributed by atoms with Crippen molar-refractivity contribution >= 4 is 23.1 Å². The first-order valence-electron chi connectivity index (χ1n) is 7.05. The molecular weight excluding hydrogens is 252 g/mol. The monoisotopic (exact) mass is 270 g/mol. The van der Waals surface area contributed by atoms with Gasteiger partial charge in [0.05, 0.1) is 0 Å². The maximum atomic E-state index is 12.1. The number of carbonyl (C=O) groups excluding carboxylic acids is 1. The van der Waals surface area contributed by atoms with Crippen molar-refractivity contribution in [1.82, 2.24) is 9.88 Å². The van der Waals surface area contributed by atoms with E-state index in [1.165, 1.54) is 0 Å². The van der Waals surface area contributed by atoms with E-state index in [0.717, 1.165) is 42.9 Å². The van der Waals surface area contributed by atoms with Crippen molar-refractivity contribution in [2.45, 2.75) is 19.8 Å². The first-order valence-corrected chi connectivity index (χ1v) is 7.05. The number of likely N-dealkylation sites (tertiary alicyclic amines) is 1. The van der Waals surface area contributed by atoms with Crippen molar-refractivity contribution in [2.24, 2.45) is 5.92 Å². The molecule has 1 aliphatic rings. The van der Waals surface area contributed by atoms with Gasteiger partial charge in [-0.15, -0.1) is 0 Å². The van der Waals surface area contributed by atoms with Crippen molar-refractivity contribution in [3.8, 4) is 0 Å². The molecule has 1 aromatic heterocycles. The number of piperidine rings is 1. The lowest BCUT2D eigenvalue weighted by Crippen LogP contribution is -2.36. The normalized spacial score (nSPS) is 17.1. The first kappa shape index (κ1) is 12.9. The Morgan fingerprint density at radius 1 is 1.35 bits per heavy atom. The summed E-state index contributed by atoms with van der Waals surface area (Å²) < 4.78 is 5.55. The van der Waals surface area contributed by atoms with Gasteiger partial charge in [-0.3, -0.25) is 4.79 Å². The second-order valence-corrected chi connectivity index (χ2v) is 5.36. The van der Waals surface area contributed by atoms with Crippen LogP contribution < -0.4 is 0 Å². The van der Waals surface area contributed by atoms with E-state index in [0.29, 0.717) is 5.89 Å². The predicted molar refractivity (Wildman–Crippen MR) is 78.0 cm³/mol. The fourth-order valence-corrected chi connectivity index (χ4v) is 2.44. The Hall–Kier alpha value is -2.10. The molecule has 0 bridgehead atoms. The van der Waals surface area contributed by atoms with Gasteiger partial charge in [0.1, 0.15) is 5.52 Å². The number of hydrogen-bond donors (Lipinski definition) is 0. The summed E-state index contributed by atoms with van der Waals surface area (Å²) in [6.45, 7) is 3.92. The van der Waals surface area contributed by atoms with Crippen molar-refractivity contribution in [1.29, 1.82) is 0 Å². The topological polar surface area (TPSA) is 46.3 Å². The average Bonchev–Trinajstić information content (AvgIpc) is 2.88. The van der Waals surface area contributed by atoms with Gasteiger partial charge >= 0.3 is 0 Å². The number of oxazole rings is 1. The third-order valence-electron chi connectivity index (χ3n) is 3.77. The highest BCUT2D eigenvalue weighted by Gasteiger charge is 2.18. The second-order valence-electron chi connectivity index (χ2n) is 5.36. The van der Waals surface area contributed by atoms with Crippen molar-refractivity contribution in [3.63, 3.8) is 0 Å². The van der Waals surface area contributed by atoms with Crippen LogP contribution in [0.4, 0.5) is 0 Å². The first-order chi connectivity index (χ1) is 9.72. The molecule has 4 heteroatoms. The van der Waals surface area contributed by atoms with Crippen LogP contribution in [0, 0.1) is 5.92 Å². The largest absolute Gasteiger partial charge is 0.437 e. The van der Waals surface area contributed by atoms with E-state index < -0.39 is 0 Å². The number of nitrogens with zero attached hydrogens (tertiary/aromatic N) is 2. The van der Waals surface area contributed by atoms with E-state index >= 15 is 0 Å². The Morgan fingerprint density at radius 3 is 2.85 bits per heavy atom. The number of amides is 1. The molecule has 0 radical (unpaired) electrons. The Kier molecular flexibility index (Phi) is 3.54. The fourth-order valence-electron chi connectivity index (χ4n) is 2.44. The van der Waals surface area contributed by atoms with Crippen LogP contribution >= 0.6 is 0 Å². The van der Waals surface area contributed by atoms with Gasteiger partial charge in [0.2, 0.25) is 11.8 Å². The van der Waals surface area contributed by atoms with E-state index in [9.17, 15) is 4.79 Å². The van der Waals surface area contributed by atoms with Gasteiger partial charge in [-0.1, -0.05) is 19.1 Å². The lowest BCUT2D eigenvalue weighted by Gasteiger charge is -2.29. The molecule has 20 heavy (non-hydrogen) atoms. The highest BCUT2D eigenvalue weighted by molar-refractivity contribution is 5.91. The molecule has 4 nitrogen and oxygen atoms in total. The molecule has 0 saturated carbocycles. The minimum Gasteiger partial charge on any atom is -0.437 e. The number of hydrogen-bond acceptors (Lipinski definition) is 3. The van der Waals surface area contributed by atoms with Gasteiger partial charge in [0.15, 0.2) is 5.58 Å². The van der Waals surface area contributed by atoms with Gasteiger partial charge in [-0.2, -0.15) is 0 Å². The summed E-state index contributed by atoms with van der Waals surface area (Å²) in [7, 11) is 0. The molecule has 0 atom stereocenters. The Balaban J connectivity index is 1.68. The van der Waals surface area contributed by atoms with Crippen LogP contribution in [0.2, 0.25) is 0 Å².